The molecular weight excluding hydrogens is 438 g/mol. The fourth-order valence-corrected chi connectivity index (χ4v) is 2.94. The molecule has 2 N–H and O–H groups in total. The predicted octanol–water partition coefficient (Wildman–Crippen LogP) is 4.82. The Kier molecular flexibility index (Phi) is 7.81. The summed E-state index contributed by atoms with van der Waals surface area (Å²) in [7, 11) is 0. The van der Waals surface area contributed by atoms with E-state index in [-0.39, 0.29) is 23.6 Å². The highest BCUT2D eigenvalue weighted by Crippen LogP contribution is 2.30. The number of hydrogen-bond acceptors (Lipinski definition) is 7. The van der Waals surface area contributed by atoms with Crippen molar-refractivity contribution in [3.8, 4) is 23.3 Å². The highest BCUT2D eigenvalue weighted by atomic mass is 16.6. The molecule has 3 rings (SSSR count). The fourth-order valence-electron chi connectivity index (χ4n) is 2.94. The van der Waals surface area contributed by atoms with Crippen molar-refractivity contribution >= 4 is 23.4 Å². The van der Waals surface area contributed by atoms with Crippen LogP contribution in [0.1, 0.15) is 18.1 Å². The van der Waals surface area contributed by atoms with Gasteiger partial charge in [0.1, 0.15) is 24.0 Å². The molecule has 9 heteroatoms. The molecular formula is C25H21N3O6. The summed E-state index contributed by atoms with van der Waals surface area (Å²) in [5, 5.41) is 32.2. The van der Waals surface area contributed by atoms with E-state index in [4.69, 9.17) is 9.47 Å². The number of anilines is 1. The molecule has 3 aromatic rings. The lowest BCUT2D eigenvalue weighted by atomic mass is 10.1. The monoisotopic (exact) mass is 459 g/mol. The van der Waals surface area contributed by atoms with Crippen molar-refractivity contribution in [1.29, 1.82) is 5.26 Å². The zero-order valence-corrected chi connectivity index (χ0v) is 18.2. The Hall–Kier alpha value is -4.84. The highest BCUT2D eigenvalue weighted by Gasteiger charge is 2.12. The quantitative estimate of drug-likeness (QED) is 0.154. The predicted molar refractivity (Wildman–Crippen MR) is 125 cm³/mol. The number of nitrogens with zero attached hydrogens (tertiary/aromatic N) is 2. The smallest absolute Gasteiger partial charge is 0.269 e. The number of hydrogen-bond donors (Lipinski definition) is 2. The van der Waals surface area contributed by atoms with Crippen LogP contribution in [0.25, 0.3) is 6.08 Å². The average Bonchev–Trinajstić information content (AvgIpc) is 2.83. The summed E-state index contributed by atoms with van der Waals surface area (Å²) < 4.78 is 11.5. The minimum Gasteiger partial charge on any atom is -0.508 e. The van der Waals surface area contributed by atoms with Crippen LogP contribution in [-0.4, -0.2) is 22.5 Å². The number of phenols is 1. The number of ether oxygens (including phenoxy) is 2. The normalized spacial score (nSPS) is 10.8. The van der Waals surface area contributed by atoms with Crippen molar-refractivity contribution in [1.82, 2.24) is 0 Å². The third kappa shape index (κ3) is 6.34. The van der Waals surface area contributed by atoms with Crippen LogP contribution < -0.4 is 14.8 Å². The number of rotatable bonds is 9. The number of non-ortho nitro benzene ring substituents is 1. The van der Waals surface area contributed by atoms with Crippen LogP contribution in [0.4, 0.5) is 11.4 Å². The third-order valence-electron chi connectivity index (χ3n) is 4.61. The first-order valence-corrected chi connectivity index (χ1v) is 10.2. The number of amides is 1. The zero-order valence-electron chi connectivity index (χ0n) is 18.2. The van der Waals surface area contributed by atoms with Gasteiger partial charge in [-0.2, -0.15) is 5.26 Å². The van der Waals surface area contributed by atoms with E-state index >= 15 is 0 Å². The van der Waals surface area contributed by atoms with E-state index in [1.54, 1.807) is 30.3 Å². The summed E-state index contributed by atoms with van der Waals surface area (Å²) in [4.78, 5) is 22.8. The first kappa shape index (κ1) is 23.8. The average molecular weight is 459 g/mol. The molecule has 1 amide bonds. The van der Waals surface area contributed by atoms with Gasteiger partial charge in [0.15, 0.2) is 11.5 Å². The minimum atomic E-state index is -0.593. The van der Waals surface area contributed by atoms with E-state index in [0.29, 0.717) is 29.4 Å². The highest BCUT2D eigenvalue weighted by molar-refractivity contribution is 6.09. The fraction of sp³-hybridized carbons (Fsp3) is 0.120. The van der Waals surface area contributed by atoms with Crippen LogP contribution >= 0.6 is 0 Å². The Balaban J connectivity index is 1.75. The second-order valence-corrected chi connectivity index (χ2v) is 7.02. The van der Waals surface area contributed by atoms with Crippen LogP contribution in [0.2, 0.25) is 0 Å². The van der Waals surface area contributed by atoms with Gasteiger partial charge in [-0.05, 0) is 72.7 Å². The number of aromatic hydroxyl groups is 1. The SMILES string of the molecule is CCOc1cc(C=C(C#N)C(=O)Nc2ccc(O)cc2)ccc1OCc1ccc([N+](=O)[O-])cc1. The van der Waals surface area contributed by atoms with Crippen molar-refractivity contribution in [2.45, 2.75) is 13.5 Å². The number of nitro benzene ring substituents is 1. The van der Waals surface area contributed by atoms with E-state index in [2.05, 4.69) is 5.32 Å². The van der Waals surface area contributed by atoms with Crippen LogP contribution in [0.3, 0.4) is 0 Å². The lowest BCUT2D eigenvalue weighted by Gasteiger charge is -2.13. The second kappa shape index (κ2) is 11.2. The summed E-state index contributed by atoms with van der Waals surface area (Å²) in [6.45, 7) is 2.35. The summed E-state index contributed by atoms with van der Waals surface area (Å²) in [5.74, 6) is 0.344. The van der Waals surface area contributed by atoms with Crippen molar-refractivity contribution in [2.24, 2.45) is 0 Å². The Morgan fingerprint density at radius 2 is 1.79 bits per heavy atom. The van der Waals surface area contributed by atoms with Crippen molar-refractivity contribution < 1.29 is 24.3 Å². The number of nitriles is 1. The molecule has 0 aliphatic carbocycles. The van der Waals surface area contributed by atoms with Gasteiger partial charge in [-0.1, -0.05) is 6.07 Å². The van der Waals surface area contributed by atoms with Gasteiger partial charge in [-0.3, -0.25) is 14.9 Å². The van der Waals surface area contributed by atoms with Gasteiger partial charge in [0.25, 0.3) is 11.6 Å². The molecule has 0 atom stereocenters. The lowest BCUT2D eigenvalue weighted by molar-refractivity contribution is -0.384. The van der Waals surface area contributed by atoms with Gasteiger partial charge in [0.2, 0.25) is 0 Å². The van der Waals surface area contributed by atoms with E-state index in [9.17, 15) is 25.3 Å². The molecule has 0 unspecified atom stereocenters. The molecule has 0 aliphatic heterocycles. The number of nitrogens with one attached hydrogen (secondary N) is 1. The van der Waals surface area contributed by atoms with Gasteiger partial charge < -0.3 is 19.9 Å². The van der Waals surface area contributed by atoms with Crippen molar-refractivity contribution in [2.75, 3.05) is 11.9 Å². The molecule has 172 valence electrons. The van der Waals surface area contributed by atoms with Crippen LogP contribution in [-0.2, 0) is 11.4 Å². The summed E-state index contributed by atoms with van der Waals surface area (Å²) >= 11 is 0. The molecule has 0 saturated carbocycles. The number of phenolic OH excluding ortho intramolecular Hbond substituents is 1. The molecule has 9 nitrogen and oxygen atoms in total. The number of benzene rings is 3. The third-order valence-corrected chi connectivity index (χ3v) is 4.61. The van der Waals surface area contributed by atoms with Gasteiger partial charge >= 0.3 is 0 Å². The molecule has 0 fully saturated rings. The minimum absolute atomic E-state index is 0.00218. The standard InChI is InChI=1S/C25H21N3O6/c1-2-33-24-14-18(13-19(15-26)25(30)27-20-6-10-22(29)11-7-20)5-12-23(24)34-16-17-3-8-21(9-4-17)28(31)32/h3-14,29H,2,16H2,1H3,(H,27,30). The van der Waals surface area contributed by atoms with Gasteiger partial charge in [0.05, 0.1) is 11.5 Å². The maximum atomic E-state index is 12.5. The maximum Gasteiger partial charge on any atom is 0.269 e. The molecule has 34 heavy (non-hydrogen) atoms. The molecule has 0 heterocycles. The molecule has 0 aliphatic rings. The van der Waals surface area contributed by atoms with Crippen molar-refractivity contribution in [3.63, 3.8) is 0 Å². The largest absolute Gasteiger partial charge is 0.508 e. The molecule has 0 saturated heterocycles. The van der Waals surface area contributed by atoms with E-state index < -0.39 is 10.8 Å². The first-order chi connectivity index (χ1) is 16.4. The van der Waals surface area contributed by atoms with Crippen LogP contribution in [0.5, 0.6) is 17.2 Å². The van der Waals surface area contributed by atoms with Gasteiger partial charge in [-0.15, -0.1) is 0 Å². The van der Waals surface area contributed by atoms with E-state index in [1.165, 1.54) is 42.5 Å². The van der Waals surface area contributed by atoms with Crippen LogP contribution in [0, 0.1) is 21.4 Å². The molecule has 0 spiro atoms. The topological polar surface area (TPSA) is 135 Å². The second-order valence-electron chi connectivity index (χ2n) is 7.02. The molecule has 0 aromatic heterocycles. The Labute approximate surface area is 195 Å². The Morgan fingerprint density at radius 1 is 1.09 bits per heavy atom. The summed E-state index contributed by atoms with van der Waals surface area (Å²) in [6, 6.07) is 18.8. The van der Waals surface area contributed by atoms with E-state index in [1.807, 2.05) is 13.0 Å². The van der Waals surface area contributed by atoms with Gasteiger partial charge in [0, 0.05) is 17.8 Å². The van der Waals surface area contributed by atoms with Crippen molar-refractivity contribution in [3.05, 3.63) is 93.5 Å². The Bertz CT molecular complexity index is 1250. The first-order valence-electron chi connectivity index (χ1n) is 10.2. The van der Waals surface area contributed by atoms with Crippen LogP contribution in [0.15, 0.2) is 72.3 Å². The zero-order chi connectivity index (χ0) is 24.5. The van der Waals surface area contributed by atoms with Gasteiger partial charge in [-0.25, -0.2) is 0 Å². The number of carbonyl (C=O) groups excluding carboxylic acids is 1. The number of nitro groups is 1. The van der Waals surface area contributed by atoms with E-state index in [0.717, 1.165) is 5.56 Å². The summed E-state index contributed by atoms with van der Waals surface area (Å²) in [5.41, 5.74) is 1.62. The number of carbonyl (C=O) groups is 1. The molecule has 0 radical (unpaired) electrons. The molecule has 0 bridgehead atoms. The lowest BCUT2D eigenvalue weighted by Crippen LogP contribution is -2.13. The maximum absolute atomic E-state index is 12.5. The Morgan fingerprint density at radius 3 is 2.41 bits per heavy atom. The molecule has 3 aromatic carbocycles. The summed E-state index contributed by atoms with van der Waals surface area (Å²) in [6.07, 6.45) is 1.43.